The van der Waals surface area contributed by atoms with Crippen molar-refractivity contribution >= 4 is 5.96 Å². The molecule has 1 saturated heterocycles. The molecule has 0 aliphatic carbocycles. The van der Waals surface area contributed by atoms with E-state index in [0.29, 0.717) is 6.61 Å². The maximum Gasteiger partial charge on any atom is 0.193 e. The molecule has 158 valence electrons. The van der Waals surface area contributed by atoms with Crippen LogP contribution in [0.1, 0.15) is 37.3 Å². The molecule has 1 fully saturated rings. The fourth-order valence-corrected chi connectivity index (χ4v) is 3.51. The van der Waals surface area contributed by atoms with Crippen molar-refractivity contribution in [2.45, 2.75) is 46.1 Å². The number of hydrogen-bond acceptors (Lipinski definition) is 4. The predicted molar refractivity (Wildman–Crippen MR) is 116 cm³/mol. The number of aryl methyl sites for hydroxylation is 2. The molecule has 2 N–H and O–H groups in total. The van der Waals surface area contributed by atoms with Crippen LogP contribution in [0.25, 0.3) is 0 Å². The van der Waals surface area contributed by atoms with Crippen molar-refractivity contribution in [2.75, 3.05) is 52.9 Å². The number of likely N-dealkylation sites (tertiary alicyclic amines) is 1. The van der Waals surface area contributed by atoms with Gasteiger partial charge in [-0.05, 0) is 69.8 Å². The zero-order valence-electron chi connectivity index (χ0n) is 18.1. The minimum absolute atomic E-state index is 0.103. The van der Waals surface area contributed by atoms with Gasteiger partial charge in [0.2, 0.25) is 0 Å². The summed E-state index contributed by atoms with van der Waals surface area (Å²) >= 11 is 0. The number of likely N-dealkylation sites (N-methyl/N-ethyl adjacent to an activating group) is 1. The number of guanidine groups is 1. The van der Waals surface area contributed by atoms with E-state index < -0.39 is 0 Å². The Bertz CT molecular complexity index is 592. The summed E-state index contributed by atoms with van der Waals surface area (Å²) in [5.74, 6) is 1.86. The topological polar surface area (TPSA) is 60.3 Å². The first-order chi connectivity index (χ1) is 13.5. The summed E-state index contributed by atoms with van der Waals surface area (Å²) in [6.07, 6.45) is 2.73. The lowest BCUT2D eigenvalue weighted by Gasteiger charge is -2.29. The van der Waals surface area contributed by atoms with Crippen LogP contribution in [0.3, 0.4) is 0 Å². The molecule has 1 aliphatic heterocycles. The summed E-state index contributed by atoms with van der Waals surface area (Å²) in [6.45, 7) is 12.4. The van der Waals surface area contributed by atoms with Gasteiger partial charge in [0.25, 0.3) is 0 Å². The summed E-state index contributed by atoms with van der Waals surface area (Å²) < 4.78 is 5.93. The minimum Gasteiger partial charge on any atom is -0.492 e. The van der Waals surface area contributed by atoms with E-state index in [4.69, 9.17) is 9.73 Å². The molecule has 28 heavy (non-hydrogen) atoms. The van der Waals surface area contributed by atoms with Gasteiger partial charge in [-0.2, -0.15) is 0 Å². The normalized spacial score (nSPS) is 16.2. The Labute approximate surface area is 170 Å². The van der Waals surface area contributed by atoms with Crippen molar-refractivity contribution in [3.63, 3.8) is 0 Å². The molecule has 1 aromatic rings. The number of aliphatic imine (C=N–C) groups is 1. The molecular formula is C22H38N4O2. The minimum atomic E-state index is -0.103. The van der Waals surface area contributed by atoms with Crippen LogP contribution in [-0.2, 0) is 0 Å². The molecular weight excluding hydrogens is 352 g/mol. The van der Waals surface area contributed by atoms with Gasteiger partial charge in [0, 0.05) is 33.2 Å². The van der Waals surface area contributed by atoms with Gasteiger partial charge < -0.3 is 25.0 Å². The van der Waals surface area contributed by atoms with Crippen molar-refractivity contribution in [3.8, 4) is 5.75 Å². The van der Waals surface area contributed by atoms with Crippen molar-refractivity contribution < 1.29 is 9.84 Å². The molecule has 0 saturated carbocycles. The molecule has 0 aromatic heterocycles. The van der Waals surface area contributed by atoms with Crippen molar-refractivity contribution in [2.24, 2.45) is 4.99 Å². The zero-order valence-corrected chi connectivity index (χ0v) is 18.1. The van der Waals surface area contributed by atoms with Gasteiger partial charge in [0.1, 0.15) is 12.4 Å². The highest BCUT2D eigenvalue weighted by Gasteiger charge is 2.16. The number of nitrogens with zero attached hydrogens (tertiary/aromatic N) is 3. The van der Waals surface area contributed by atoms with E-state index in [1.807, 2.05) is 0 Å². The zero-order chi connectivity index (χ0) is 20.4. The van der Waals surface area contributed by atoms with Crippen LogP contribution in [0.5, 0.6) is 5.75 Å². The van der Waals surface area contributed by atoms with Crippen LogP contribution in [-0.4, -0.2) is 79.9 Å². The highest BCUT2D eigenvalue weighted by molar-refractivity contribution is 5.79. The Balaban J connectivity index is 1.73. The number of rotatable bonds is 9. The third kappa shape index (κ3) is 8.07. The highest BCUT2D eigenvalue weighted by Crippen LogP contribution is 2.16. The fourth-order valence-electron chi connectivity index (χ4n) is 3.51. The summed E-state index contributed by atoms with van der Waals surface area (Å²) in [7, 11) is 2.05. The van der Waals surface area contributed by atoms with Gasteiger partial charge in [-0.25, -0.2) is 0 Å². The third-order valence-electron chi connectivity index (χ3n) is 5.04. The Morgan fingerprint density at radius 1 is 1.25 bits per heavy atom. The van der Waals surface area contributed by atoms with E-state index >= 15 is 0 Å². The molecule has 1 aromatic carbocycles. The molecule has 0 amide bonds. The van der Waals surface area contributed by atoms with Gasteiger partial charge in [-0.15, -0.1) is 0 Å². The van der Waals surface area contributed by atoms with Crippen LogP contribution < -0.4 is 10.1 Å². The molecule has 0 radical (unpaired) electrons. The van der Waals surface area contributed by atoms with E-state index in [0.717, 1.165) is 70.2 Å². The van der Waals surface area contributed by atoms with Crippen LogP contribution in [0.15, 0.2) is 23.2 Å². The Morgan fingerprint density at radius 3 is 2.57 bits per heavy atom. The summed E-state index contributed by atoms with van der Waals surface area (Å²) in [4.78, 5) is 9.32. The van der Waals surface area contributed by atoms with E-state index in [9.17, 15) is 5.11 Å². The third-order valence-corrected chi connectivity index (χ3v) is 5.04. The average molecular weight is 391 g/mol. The number of hydrogen-bond donors (Lipinski definition) is 2. The summed E-state index contributed by atoms with van der Waals surface area (Å²) in [5, 5.41) is 13.0. The maximum atomic E-state index is 9.59. The summed E-state index contributed by atoms with van der Waals surface area (Å²) in [5.41, 5.74) is 2.45. The van der Waals surface area contributed by atoms with Crippen molar-refractivity contribution in [3.05, 3.63) is 29.3 Å². The Kier molecular flexibility index (Phi) is 9.58. The largest absolute Gasteiger partial charge is 0.492 e. The van der Waals surface area contributed by atoms with E-state index in [1.54, 1.807) is 0 Å². The lowest BCUT2D eigenvalue weighted by molar-refractivity contribution is 0.0824. The average Bonchev–Trinajstić information content (AvgIpc) is 2.65. The van der Waals surface area contributed by atoms with E-state index in [1.165, 1.54) is 11.1 Å². The lowest BCUT2D eigenvalue weighted by atomic mass is 10.1. The number of benzene rings is 1. The monoisotopic (exact) mass is 390 g/mol. The smallest absolute Gasteiger partial charge is 0.193 e. The molecule has 1 aliphatic rings. The maximum absolute atomic E-state index is 9.59. The predicted octanol–water partition coefficient (Wildman–Crippen LogP) is 2.43. The fraction of sp³-hybridized carbons (Fsp3) is 0.682. The van der Waals surface area contributed by atoms with Gasteiger partial charge >= 0.3 is 0 Å². The van der Waals surface area contributed by atoms with E-state index in [-0.39, 0.29) is 6.10 Å². The standard InChI is InChI=1S/C22H38N4O2/c1-5-23-22(24-9-6-10-26-11-7-20(27)8-12-26)25(4)13-14-28-21-16-18(2)15-19(3)17-21/h15-17,20,27H,5-14H2,1-4H3,(H,23,24). The quantitative estimate of drug-likeness (QED) is 0.385. The van der Waals surface area contributed by atoms with Crippen molar-refractivity contribution in [1.82, 2.24) is 15.1 Å². The van der Waals surface area contributed by atoms with Gasteiger partial charge in [0.15, 0.2) is 5.96 Å². The second-order valence-corrected chi connectivity index (χ2v) is 7.76. The molecule has 0 spiro atoms. The molecule has 1 heterocycles. The van der Waals surface area contributed by atoms with Crippen LogP contribution in [0, 0.1) is 13.8 Å². The molecule has 0 atom stereocenters. The molecule has 0 bridgehead atoms. The Hall–Kier alpha value is -1.79. The van der Waals surface area contributed by atoms with Crippen LogP contribution in [0.2, 0.25) is 0 Å². The second-order valence-electron chi connectivity index (χ2n) is 7.76. The van der Waals surface area contributed by atoms with Gasteiger partial charge in [-0.3, -0.25) is 4.99 Å². The number of piperidine rings is 1. The number of ether oxygens (including phenoxy) is 1. The van der Waals surface area contributed by atoms with Gasteiger partial charge in [0.05, 0.1) is 12.6 Å². The molecule has 2 rings (SSSR count). The Morgan fingerprint density at radius 2 is 1.93 bits per heavy atom. The molecule has 6 heteroatoms. The highest BCUT2D eigenvalue weighted by atomic mass is 16.5. The van der Waals surface area contributed by atoms with Gasteiger partial charge in [-0.1, -0.05) is 6.07 Å². The van der Waals surface area contributed by atoms with Crippen LogP contribution in [0.4, 0.5) is 0 Å². The number of aliphatic hydroxyl groups excluding tert-OH is 1. The number of nitrogens with one attached hydrogen (secondary N) is 1. The SMILES string of the molecule is CCNC(=NCCCN1CCC(O)CC1)N(C)CCOc1cc(C)cc(C)c1. The lowest BCUT2D eigenvalue weighted by Crippen LogP contribution is -2.41. The number of aliphatic hydroxyl groups is 1. The van der Waals surface area contributed by atoms with Crippen LogP contribution >= 0.6 is 0 Å². The molecule has 0 unspecified atom stereocenters. The van der Waals surface area contributed by atoms with E-state index in [2.05, 4.69) is 61.1 Å². The first-order valence-corrected chi connectivity index (χ1v) is 10.6. The summed E-state index contributed by atoms with van der Waals surface area (Å²) in [6, 6.07) is 6.30. The molecule has 6 nitrogen and oxygen atoms in total. The second kappa shape index (κ2) is 11.9. The van der Waals surface area contributed by atoms with Crippen molar-refractivity contribution in [1.29, 1.82) is 0 Å². The first-order valence-electron chi connectivity index (χ1n) is 10.6. The first kappa shape index (κ1) is 22.5.